The van der Waals surface area contributed by atoms with Crippen molar-refractivity contribution in [3.8, 4) is 0 Å². The summed E-state index contributed by atoms with van der Waals surface area (Å²) in [6.07, 6.45) is 0.447. The first-order chi connectivity index (χ1) is 11.5. The Hall–Kier alpha value is -1.69. The van der Waals surface area contributed by atoms with Crippen molar-refractivity contribution in [2.24, 2.45) is 0 Å². The third-order valence-electron chi connectivity index (χ3n) is 3.04. The number of carbonyl (C=O) groups excluding carboxylic acids is 2. The van der Waals surface area contributed by atoms with Crippen molar-refractivity contribution >= 4 is 46.8 Å². The zero-order chi connectivity index (χ0) is 17.4. The molecule has 24 heavy (non-hydrogen) atoms. The molecular weight excluding hydrogens is 367 g/mol. The molecule has 2 aromatic rings. The predicted octanol–water partition coefficient (Wildman–Crippen LogP) is 3.87. The van der Waals surface area contributed by atoms with Gasteiger partial charge in [0.15, 0.2) is 0 Å². The van der Waals surface area contributed by atoms with Gasteiger partial charge in [0.05, 0.1) is 11.4 Å². The SMILES string of the molecule is O=C(CCSc1ccccc1Cl)NNC(=O)Cc1ccc(Cl)cc1. The minimum Gasteiger partial charge on any atom is -0.273 e. The molecule has 7 heteroatoms. The lowest BCUT2D eigenvalue weighted by atomic mass is 10.1. The van der Waals surface area contributed by atoms with Crippen molar-refractivity contribution in [3.63, 3.8) is 0 Å². The average molecular weight is 383 g/mol. The summed E-state index contributed by atoms with van der Waals surface area (Å²) in [5.41, 5.74) is 5.62. The number of benzene rings is 2. The van der Waals surface area contributed by atoms with Crippen LogP contribution in [0.25, 0.3) is 0 Å². The molecule has 0 aliphatic carbocycles. The molecule has 0 heterocycles. The number of halogens is 2. The quantitative estimate of drug-likeness (QED) is 0.588. The second-order valence-electron chi connectivity index (χ2n) is 4.93. The molecule has 0 unspecified atom stereocenters. The summed E-state index contributed by atoms with van der Waals surface area (Å²) in [4.78, 5) is 24.4. The van der Waals surface area contributed by atoms with Gasteiger partial charge < -0.3 is 0 Å². The molecule has 2 N–H and O–H groups in total. The fourth-order valence-corrected chi connectivity index (χ4v) is 3.16. The maximum absolute atomic E-state index is 11.8. The van der Waals surface area contributed by atoms with Crippen molar-refractivity contribution in [1.82, 2.24) is 10.9 Å². The Morgan fingerprint density at radius 2 is 1.58 bits per heavy atom. The van der Waals surface area contributed by atoms with E-state index in [0.717, 1.165) is 10.5 Å². The van der Waals surface area contributed by atoms with E-state index < -0.39 is 0 Å². The van der Waals surface area contributed by atoms with E-state index in [1.807, 2.05) is 18.2 Å². The van der Waals surface area contributed by atoms with Crippen LogP contribution in [-0.4, -0.2) is 17.6 Å². The Bertz CT molecular complexity index is 708. The number of hydrogen-bond acceptors (Lipinski definition) is 3. The van der Waals surface area contributed by atoms with Crippen molar-refractivity contribution in [2.45, 2.75) is 17.7 Å². The largest absolute Gasteiger partial charge is 0.273 e. The van der Waals surface area contributed by atoms with Gasteiger partial charge in [-0.3, -0.25) is 20.4 Å². The molecule has 0 aliphatic rings. The van der Waals surface area contributed by atoms with Crippen LogP contribution in [0.4, 0.5) is 0 Å². The molecule has 0 bridgehead atoms. The van der Waals surface area contributed by atoms with Crippen LogP contribution < -0.4 is 10.9 Å². The first-order valence-corrected chi connectivity index (χ1v) is 8.98. The maximum Gasteiger partial charge on any atom is 0.242 e. The summed E-state index contributed by atoms with van der Waals surface area (Å²) in [6.45, 7) is 0. The molecule has 0 fully saturated rings. The zero-order valence-electron chi connectivity index (χ0n) is 12.7. The highest BCUT2D eigenvalue weighted by Gasteiger charge is 2.07. The summed E-state index contributed by atoms with van der Waals surface area (Å²) in [6, 6.07) is 14.4. The second kappa shape index (κ2) is 9.57. The van der Waals surface area contributed by atoms with Crippen molar-refractivity contribution in [2.75, 3.05) is 5.75 Å². The minimum atomic E-state index is -0.288. The molecule has 0 saturated heterocycles. The number of nitrogens with one attached hydrogen (secondary N) is 2. The molecular formula is C17H16Cl2N2O2S. The molecule has 0 aliphatic heterocycles. The molecule has 0 spiro atoms. The van der Waals surface area contributed by atoms with Crippen LogP contribution in [0, 0.1) is 0 Å². The monoisotopic (exact) mass is 382 g/mol. The highest BCUT2D eigenvalue weighted by Crippen LogP contribution is 2.26. The first-order valence-electron chi connectivity index (χ1n) is 7.24. The first kappa shape index (κ1) is 18.6. The summed E-state index contributed by atoms with van der Waals surface area (Å²) in [5.74, 6) is 0.0336. The molecule has 2 amide bonds. The summed E-state index contributed by atoms with van der Waals surface area (Å²) >= 11 is 13.3. The van der Waals surface area contributed by atoms with Gasteiger partial charge in [0.2, 0.25) is 11.8 Å². The number of thioether (sulfide) groups is 1. The molecule has 0 saturated carbocycles. The van der Waals surface area contributed by atoms with Crippen LogP contribution in [0.5, 0.6) is 0 Å². The van der Waals surface area contributed by atoms with Crippen LogP contribution in [0.15, 0.2) is 53.4 Å². The van der Waals surface area contributed by atoms with Crippen molar-refractivity contribution in [3.05, 3.63) is 64.1 Å². The summed E-state index contributed by atoms with van der Waals surface area (Å²) in [5, 5.41) is 1.28. The van der Waals surface area contributed by atoms with Gasteiger partial charge in [-0.25, -0.2) is 0 Å². The highest BCUT2D eigenvalue weighted by molar-refractivity contribution is 7.99. The number of amides is 2. The Labute approximate surface area is 154 Å². The van der Waals surface area contributed by atoms with Crippen LogP contribution in [0.2, 0.25) is 10.0 Å². The summed E-state index contributed by atoms with van der Waals surface area (Å²) < 4.78 is 0. The van der Waals surface area contributed by atoms with E-state index in [1.165, 1.54) is 11.8 Å². The normalized spacial score (nSPS) is 10.2. The van der Waals surface area contributed by atoms with Gasteiger partial charge in [-0.15, -0.1) is 11.8 Å². The molecule has 126 valence electrons. The predicted molar refractivity (Wildman–Crippen MR) is 98.2 cm³/mol. The van der Waals surface area contributed by atoms with Gasteiger partial charge in [0.25, 0.3) is 0 Å². The summed E-state index contributed by atoms with van der Waals surface area (Å²) in [7, 11) is 0. The van der Waals surface area contributed by atoms with Crippen LogP contribution >= 0.6 is 35.0 Å². The van der Waals surface area contributed by atoms with Crippen LogP contribution in [0.3, 0.4) is 0 Å². The number of hydrogen-bond donors (Lipinski definition) is 2. The lowest BCUT2D eigenvalue weighted by Crippen LogP contribution is -2.42. The van der Waals surface area contributed by atoms with E-state index in [4.69, 9.17) is 23.2 Å². The average Bonchev–Trinajstić information content (AvgIpc) is 2.57. The number of hydrazine groups is 1. The van der Waals surface area contributed by atoms with Crippen LogP contribution in [-0.2, 0) is 16.0 Å². The van der Waals surface area contributed by atoms with Gasteiger partial charge in [-0.2, -0.15) is 0 Å². The lowest BCUT2D eigenvalue weighted by Gasteiger charge is -2.08. The molecule has 4 nitrogen and oxygen atoms in total. The molecule has 0 atom stereocenters. The molecule has 0 radical (unpaired) electrons. The third kappa shape index (κ3) is 6.43. The molecule has 0 aromatic heterocycles. The van der Waals surface area contributed by atoms with E-state index in [9.17, 15) is 9.59 Å². The Balaban J connectivity index is 1.66. The van der Waals surface area contributed by atoms with Gasteiger partial charge in [0.1, 0.15) is 0 Å². The Kier molecular flexibility index (Phi) is 7.43. The van der Waals surface area contributed by atoms with E-state index >= 15 is 0 Å². The van der Waals surface area contributed by atoms with E-state index in [2.05, 4.69) is 10.9 Å². The van der Waals surface area contributed by atoms with E-state index in [-0.39, 0.29) is 24.7 Å². The standard InChI is InChI=1S/C17H16Cl2N2O2S/c18-13-7-5-12(6-8-13)11-17(23)21-20-16(22)9-10-24-15-4-2-1-3-14(15)19/h1-8H,9-11H2,(H,20,22)(H,21,23). The molecule has 2 aromatic carbocycles. The minimum absolute atomic E-state index is 0.172. The van der Waals surface area contributed by atoms with Gasteiger partial charge in [-0.05, 0) is 29.8 Å². The smallest absolute Gasteiger partial charge is 0.242 e. The second-order valence-corrected chi connectivity index (χ2v) is 6.91. The zero-order valence-corrected chi connectivity index (χ0v) is 15.0. The Morgan fingerprint density at radius 3 is 2.29 bits per heavy atom. The van der Waals surface area contributed by atoms with E-state index in [1.54, 1.807) is 30.3 Å². The Morgan fingerprint density at radius 1 is 0.917 bits per heavy atom. The molecule has 2 rings (SSSR count). The van der Waals surface area contributed by atoms with E-state index in [0.29, 0.717) is 15.8 Å². The van der Waals surface area contributed by atoms with Crippen molar-refractivity contribution in [1.29, 1.82) is 0 Å². The van der Waals surface area contributed by atoms with Gasteiger partial charge in [-0.1, -0.05) is 47.5 Å². The maximum atomic E-state index is 11.8. The third-order valence-corrected chi connectivity index (χ3v) is 4.81. The lowest BCUT2D eigenvalue weighted by molar-refractivity contribution is -0.128. The number of rotatable bonds is 6. The fraction of sp³-hybridized carbons (Fsp3) is 0.176. The fourth-order valence-electron chi connectivity index (χ4n) is 1.85. The highest BCUT2D eigenvalue weighted by atomic mass is 35.5. The number of carbonyl (C=O) groups is 2. The van der Waals surface area contributed by atoms with Gasteiger partial charge >= 0.3 is 0 Å². The topological polar surface area (TPSA) is 58.2 Å². The van der Waals surface area contributed by atoms with Crippen LogP contribution in [0.1, 0.15) is 12.0 Å². The van der Waals surface area contributed by atoms with Gasteiger partial charge in [0, 0.05) is 22.1 Å². The van der Waals surface area contributed by atoms with Crippen molar-refractivity contribution < 1.29 is 9.59 Å².